The minimum Gasteiger partial charge on any atom is -0.297 e. The molecular formula is C19H16N2O5. The number of benzene rings is 2. The van der Waals surface area contributed by atoms with E-state index in [2.05, 4.69) is 0 Å². The van der Waals surface area contributed by atoms with E-state index in [-0.39, 0.29) is 12.8 Å². The van der Waals surface area contributed by atoms with Crippen molar-refractivity contribution in [2.45, 2.75) is 35.8 Å². The summed E-state index contributed by atoms with van der Waals surface area (Å²) in [5.41, 5.74) is -1.44. The van der Waals surface area contributed by atoms with E-state index in [4.69, 9.17) is 0 Å². The molecule has 0 bridgehead atoms. The first-order chi connectivity index (χ1) is 12.4. The second-order valence-corrected chi connectivity index (χ2v) is 7.01. The Morgan fingerprint density at radius 3 is 1.38 bits per heavy atom. The van der Waals surface area contributed by atoms with Crippen LogP contribution in [0.2, 0.25) is 0 Å². The highest BCUT2D eigenvalue weighted by Crippen LogP contribution is 2.61. The molecule has 0 heterocycles. The Hall–Kier alpha value is -3.09. The fraction of sp³-hybridized carbons (Fsp3) is 0.316. The van der Waals surface area contributed by atoms with Crippen LogP contribution in [0.15, 0.2) is 60.7 Å². The van der Waals surface area contributed by atoms with Gasteiger partial charge in [0.2, 0.25) is 12.1 Å². The summed E-state index contributed by atoms with van der Waals surface area (Å²) in [5, 5.41) is 22.9. The SMILES string of the molecule is O=C(C1(c2ccccc2)CC1[N+](=O)[O-])C1(c2ccccc2)CC1[N+](=O)[O-]. The molecule has 0 aromatic heterocycles. The number of Topliss-reactive ketones (excluding diaryl/α,β-unsaturated/α-hetero) is 1. The second-order valence-electron chi connectivity index (χ2n) is 7.01. The quantitative estimate of drug-likeness (QED) is 0.587. The van der Waals surface area contributed by atoms with E-state index in [1.165, 1.54) is 0 Å². The van der Waals surface area contributed by atoms with Crippen LogP contribution >= 0.6 is 0 Å². The Morgan fingerprint density at radius 1 is 0.769 bits per heavy atom. The zero-order valence-corrected chi connectivity index (χ0v) is 13.8. The molecule has 2 saturated carbocycles. The summed E-state index contributed by atoms with van der Waals surface area (Å²) in [6, 6.07) is 15.2. The van der Waals surface area contributed by atoms with Crippen molar-refractivity contribution in [3.63, 3.8) is 0 Å². The smallest absolute Gasteiger partial charge is 0.231 e. The zero-order valence-electron chi connectivity index (χ0n) is 13.8. The van der Waals surface area contributed by atoms with Crippen molar-refractivity contribution < 1.29 is 14.6 Å². The Bertz CT molecular complexity index is 827. The van der Waals surface area contributed by atoms with Crippen LogP contribution in [0.3, 0.4) is 0 Å². The van der Waals surface area contributed by atoms with Crippen LogP contribution < -0.4 is 0 Å². The molecule has 0 radical (unpaired) electrons. The first-order valence-corrected chi connectivity index (χ1v) is 8.37. The molecule has 26 heavy (non-hydrogen) atoms. The third kappa shape index (κ3) is 2.09. The van der Waals surface area contributed by atoms with Crippen molar-refractivity contribution in [2.24, 2.45) is 0 Å². The van der Waals surface area contributed by atoms with E-state index < -0.39 is 38.5 Å². The summed E-state index contributed by atoms with van der Waals surface area (Å²) in [6.45, 7) is 0. The number of hydrogen-bond donors (Lipinski definition) is 0. The average Bonchev–Trinajstić information content (AvgIpc) is 3.55. The predicted molar refractivity (Wildman–Crippen MR) is 92.0 cm³/mol. The molecule has 4 atom stereocenters. The first kappa shape index (κ1) is 16.4. The monoisotopic (exact) mass is 352 g/mol. The molecule has 0 aliphatic heterocycles. The van der Waals surface area contributed by atoms with Gasteiger partial charge in [0.1, 0.15) is 10.8 Å². The van der Waals surface area contributed by atoms with Gasteiger partial charge in [0.05, 0.1) is 0 Å². The van der Waals surface area contributed by atoms with Gasteiger partial charge in [-0.3, -0.25) is 25.0 Å². The summed E-state index contributed by atoms with van der Waals surface area (Å²) in [7, 11) is 0. The van der Waals surface area contributed by atoms with E-state index in [0.29, 0.717) is 11.1 Å². The van der Waals surface area contributed by atoms with Gasteiger partial charge >= 0.3 is 0 Å². The van der Waals surface area contributed by atoms with Crippen molar-refractivity contribution >= 4 is 5.78 Å². The summed E-state index contributed by atoms with van der Waals surface area (Å²) < 4.78 is 0. The Balaban J connectivity index is 1.83. The minimum atomic E-state index is -1.29. The fourth-order valence-electron chi connectivity index (χ4n) is 4.24. The maximum atomic E-state index is 13.6. The number of carbonyl (C=O) groups excluding carboxylic acids is 1. The molecule has 2 aromatic carbocycles. The van der Waals surface area contributed by atoms with Gasteiger partial charge in [-0.05, 0) is 11.1 Å². The molecule has 7 heteroatoms. The summed E-state index contributed by atoms with van der Waals surface area (Å²) in [4.78, 5) is 35.7. The number of rotatable bonds is 6. The summed E-state index contributed by atoms with van der Waals surface area (Å²) >= 11 is 0. The van der Waals surface area contributed by atoms with E-state index in [0.717, 1.165) is 0 Å². The van der Waals surface area contributed by atoms with Crippen molar-refractivity contribution in [1.29, 1.82) is 0 Å². The molecule has 132 valence electrons. The van der Waals surface area contributed by atoms with Crippen molar-refractivity contribution in [3.8, 4) is 0 Å². The summed E-state index contributed by atoms with van der Waals surface area (Å²) in [5.74, 6) is -0.397. The highest BCUT2D eigenvalue weighted by molar-refractivity contribution is 6.05. The van der Waals surface area contributed by atoms with Crippen molar-refractivity contribution in [2.75, 3.05) is 0 Å². The van der Waals surface area contributed by atoms with Gasteiger partial charge in [-0.1, -0.05) is 60.7 Å². The van der Waals surface area contributed by atoms with E-state index in [1.807, 2.05) is 0 Å². The van der Waals surface area contributed by atoms with Gasteiger partial charge in [0.25, 0.3) is 0 Å². The number of nitrogens with zero attached hydrogens (tertiary/aromatic N) is 2. The lowest BCUT2D eigenvalue weighted by molar-refractivity contribution is -0.500. The third-order valence-corrected chi connectivity index (χ3v) is 5.75. The van der Waals surface area contributed by atoms with Gasteiger partial charge in [-0.2, -0.15) is 0 Å². The molecule has 2 aliphatic carbocycles. The highest BCUT2D eigenvalue weighted by Gasteiger charge is 2.80. The molecular weight excluding hydrogens is 336 g/mol. The second kappa shape index (κ2) is 5.45. The number of ketones is 1. The Labute approximate surface area is 148 Å². The molecule has 2 fully saturated rings. The fourth-order valence-corrected chi connectivity index (χ4v) is 4.24. The topological polar surface area (TPSA) is 103 Å². The minimum absolute atomic E-state index is 0.0852. The van der Waals surface area contributed by atoms with Gasteiger partial charge in [0, 0.05) is 22.7 Å². The van der Waals surface area contributed by atoms with Crippen molar-refractivity contribution in [3.05, 3.63) is 92.0 Å². The van der Waals surface area contributed by atoms with Crippen LogP contribution in [0.1, 0.15) is 24.0 Å². The maximum Gasteiger partial charge on any atom is 0.231 e. The Kier molecular flexibility index (Phi) is 3.44. The normalized spacial score (nSPS) is 31.8. The number of nitro groups is 2. The highest BCUT2D eigenvalue weighted by atomic mass is 16.6. The van der Waals surface area contributed by atoms with E-state index >= 15 is 0 Å². The molecule has 0 spiro atoms. The lowest BCUT2D eigenvalue weighted by atomic mass is 9.78. The lowest BCUT2D eigenvalue weighted by Gasteiger charge is -2.21. The standard InChI is InChI=1S/C19H16N2O5/c22-17(18(11-15(18)20(23)24)13-7-3-1-4-8-13)19(12-16(19)21(25)26)14-9-5-2-6-10-14/h1-10,15-16H,11-12H2. The molecule has 0 saturated heterocycles. The molecule has 2 aromatic rings. The van der Waals surface area contributed by atoms with Crippen LogP contribution in [0, 0.1) is 20.2 Å². The lowest BCUT2D eigenvalue weighted by Crippen LogP contribution is -2.39. The maximum absolute atomic E-state index is 13.6. The van der Waals surface area contributed by atoms with Gasteiger partial charge in [-0.25, -0.2) is 0 Å². The molecule has 0 N–H and O–H groups in total. The van der Waals surface area contributed by atoms with Crippen LogP contribution in [-0.2, 0) is 15.6 Å². The largest absolute Gasteiger partial charge is 0.297 e. The molecule has 4 rings (SSSR count). The average molecular weight is 352 g/mol. The van der Waals surface area contributed by atoms with Gasteiger partial charge < -0.3 is 0 Å². The van der Waals surface area contributed by atoms with Crippen LogP contribution in [-0.4, -0.2) is 27.7 Å². The van der Waals surface area contributed by atoms with E-state index in [9.17, 15) is 25.0 Å². The van der Waals surface area contributed by atoms with Crippen LogP contribution in [0.4, 0.5) is 0 Å². The molecule has 0 amide bonds. The van der Waals surface area contributed by atoms with Gasteiger partial charge in [0.15, 0.2) is 5.78 Å². The van der Waals surface area contributed by atoms with Gasteiger partial charge in [-0.15, -0.1) is 0 Å². The molecule has 7 nitrogen and oxygen atoms in total. The van der Waals surface area contributed by atoms with Crippen LogP contribution in [0.25, 0.3) is 0 Å². The Morgan fingerprint density at radius 2 is 1.12 bits per heavy atom. The third-order valence-electron chi connectivity index (χ3n) is 5.75. The predicted octanol–water partition coefficient (Wildman–Crippen LogP) is 2.53. The molecule has 4 unspecified atom stereocenters. The number of hydrogen-bond acceptors (Lipinski definition) is 5. The number of carbonyl (C=O) groups is 1. The molecule has 2 aliphatic rings. The van der Waals surface area contributed by atoms with Crippen LogP contribution in [0.5, 0.6) is 0 Å². The summed E-state index contributed by atoms with van der Waals surface area (Å²) in [6.07, 6.45) is 0.170. The first-order valence-electron chi connectivity index (χ1n) is 8.37. The zero-order chi connectivity index (χ0) is 18.5. The van der Waals surface area contributed by atoms with Crippen molar-refractivity contribution in [1.82, 2.24) is 0 Å². The van der Waals surface area contributed by atoms with E-state index in [1.54, 1.807) is 60.7 Å².